The molecule has 0 saturated heterocycles. The molecule has 0 aromatic heterocycles. The monoisotopic (exact) mass is 292 g/mol. The highest BCUT2D eigenvalue weighted by Gasteiger charge is 2.19. The van der Waals surface area contributed by atoms with E-state index in [1.807, 2.05) is 0 Å². The standard InChI is InChI=1S/C15H20N2O4/c1-9(2)13(18)17-12-6-4-5-11(7-12)8-16-14(19)10(3)15(20)21/h4-7,9-10H,8H2,1-3H3,(H,16,19)(H,17,18)(H,20,21). The molecule has 21 heavy (non-hydrogen) atoms. The number of carboxylic acid groups (broad SMARTS) is 1. The fraction of sp³-hybridized carbons (Fsp3) is 0.400. The van der Waals surface area contributed by atoms with Gasteiger partial charge in [-0.15, -0.1) is 0 Å². The number of anilines is 1. The Bertz CT molecular complexity index is 540. The van der Waals surface area contributed by atoms with Gasteiger partial charge in [-0.1, -0.05) is 26.0 Å². The third-order valence-electron chi connectivity index (χ3n) is 2.95. The van der Waals surface area contributed by atoms with E-state index in [9.17, 15) is 14.4 Å². The van der Waals surface area contributed by atoms with Crippen molar-refractivity contribution in [3.63, 3.8) is 0 Å². The molecule has 1 unspecified atom stereocenters. The summed E-state index contributed by atoms with van der Waals surface area (Å²) in [5.41, 5.74) is 1.43. The lowest BCUT2D eigenvalue weighted by Gasteiger charge is -2.11. The first-order chi connectivity index (χ1) is 9.81. The fourth-order valence-corrected chi connectivity index (χ4v) is 1.50. The minimum Gasteiger partial charge on any atom is -0.481 e. The summed E-state index contributed by atoms with van der Waals surface area (Å²) in [5, 5.41) is 14.1. The molecule has 0 fully saturated rings. The van der Waals surface area contributed by atoms with Crippen LogP contribution in [-0.2, 0) is 20.9 Å². The number of rotatable bonds is 6. The SMILES string of the molecule is CC(C)C(=O)Nc1cccc(CNC(=O)C(C)C(=O)O)c1. The number of hydrogen-bond donors (Lipinski definition) is 3. The van der Waals surface area contributed by atoms with Crippen molar-refractivity contribution >= 4 is 23.5 Å². The maximum atomic E-state index is 11.6. The molecule has 0 saturated carbocycles. The van der Waals surface area contributed by atoms with Crippen LogP contribution >= 0.6 is 0 Å². The molecule has 0 spiro atoms. The van der Waals surface area contributed by atoms with Crippen molar-refractivity contribution in [1.82, 2.24) is 5.32 Å². The van der Waals surface area contributed by atoms with Crippen molar-refractivity contribution in [1.29, 1.82) is 0 Å². The second-order valence-corrected chi connectivity index (χ2v) is 5.12. The van der Waals surface area contributed by atoms with Gasteiger partial charge in [-0.05, 0) is 24.6 Å². The molecule has 0 aliphatic heterocycles. The van der Waals surface area contributed by atoms with Crippen LogP contribution in [-0.4, -0.2) is 22.9 Å². The second kappa shape index (κ2) is 7.42. The van der Waals surface area contributed by atoms with E-state index in [4.69, 9.17) is 5.11 Å². The summed E-state index contributed by atoms with van der Waals surface area (Å²) in [4.78, 5) is 33.8. The summed E-state index contributed by atoms with van der Waals surface area (Å²) < 4.78 is 0. The maximum absolute atomic E-state index is 11.6. The summed E-state index contributed by atoms with van der Waals surface area (Å²) in [6.45, 7) is 5.14. The molecular weight excluding hydrogens is 272 g/mol. The predicted molar refractivity (Wildman–Crippen MR) is 78.6 cm³/mol. The van der Waals surface area contributed by atoms with Gasteiger partial charge in [0, 0.05) is 18.2 Å². The van der Waals surface area contributed by atoms with E-state index < -0.39 is 17.8 Å². The third kappa shape index (κ3) is 5.25. The van der Waals surface area contributed by atoms with Crippen LogP contribution in [0.1, 0.15) is 26.3 Å². The molecule has 0 aliphatic carbocycles. The normalized spacial score (nSPS) is 11.8. The van der Waals surface area contributed by atoms with Crippen molar-refractivity contribution < 1.29 is 19.5 Å². The van der Waals surface area contributed by atoms with Gasteiger partial charge < -0.3 is 15.7 Å². The molecule has 6 heteroatoms. The lowest BCUT2D eigenvalue weighted by molar-refractivity contribution is -0.146. The summed E-state index contributed by atoms with van der Waals surface area (Å²) >= 11 is 0. The molecule has 114 valence electrons. The number of amides is 2. The van der Waals surface area contributed by atoms with E-state index >= 15 is 0 Å². The van der Waals surface area contributed by atoms with Crippen molar-refractivity contribution in [2.24, 2.45) is 11.8 Å². The Hall–Kier alpha value is -2.37. The summed E-state index contributed by atoms with van der Waals surface area (Å²) in [5.74, 6) is -3.00. The van der Waals surface area contributed by atoms with Gasteiger partial charge in [-0.3, -0.25) is 14.4 Å². The van der Waals surface area contributed by atoms with Crippen LogP contribution in [0.25, 0.3) is 0 Å². The van der Waals surface area contributed by atoms with Crippen LogP contribution in [0.5, 0.6) is 0 Å². The first kappa shape index (κ1) is 16.7. The quantitative estimate of drug-likeness (QED) is 0.694. The number of benzene rings is 1. The van der Waals surface area contributed by atoms with Crippen LogP contribution < -0.4 is 10.6 Å². The van der Waals surface area contributed by atoms with Gasteiger partial charge in [-0.25, -0.2) is 0 Å². The molecule has 0 radical (unpaired) electrons. The highest BCUT2D eigenvalue weighted by Crippen LogP contribution is 2.12. The Morgan fingerprint density at radius 2 is 1.81 bits per heavy atom. The maximum Gasteiger partial charge on any atom is 0.315 e. The van der Waals surface area contributed by atoms with Gasteiger partial charge in [0.1, 0.15) is 5.92 Å². The number of carboxylic acids is 1. The number of aliphatic carboxylic acids is 1. The highest BCUT2D eigenvalue weighted by atomic mass is 16.4. The molecule has 1 aromatic rings. The van der Waals surface area contributed by atoms with Gasteiger partial charge >= 0.3 is 5.97 Å². The molecule has 0 heterocycles. The van der Waals surface area contributed by atoms with Gasteiger partial charge in [-0.2, -0.15) is 0 Å². The number of carbonyl (C=O) groups excluding carboxylic acids is 2. The third-order valence-corrected chi connectivity index (χ3v) is 2.95. The summed E-state index contributed by atoms with van der Waals surface area (Å²) in [6, 6.07) is 7.05. The Balaban J connectivity index is 2.63. The minimum absolute atomic E-state index is 0.0873. The Morgan fingerprint density at radius 1 is 1.14 bits per heavy atom. The second-order valence-electron chi connectivity index (χ2n) is 5.12. The molecule has 0 aliphatic rings. The van der Waals surface area contributed by atoms with Crippen molar-refractivity contribution in [3.05, 3.63) is 29.8 Å². The van der Waals surface area contributed by atoms with E-state index in [1.165, 1.54) is 6.92 Å². The molecule has 1 aromatic carbocycles. The lowest BCUT2D eigenvalue weighted by Crippen LogP contribution is -2.33. The minimum atomic E-state index is -1.16. The van der Waals surface area contributed by atoms with Crippen LogP contribution in [0.2, 0.25) is 0 Å². The fourth-order valence-electron chi connectivity index (χ4n) is 1.50. The van der Waals surface area contributed by atoms with Crippen LogP contribution in [0.4, 0.5) is 5.69 Å². The number of hydrogen-bond acceptors (Lipinski definition) is 3. The van der Waals surface area contributed by atoms with Crippen LogP contribution in [0.3, 0.4) is 0 Å². The highest BCUT2D eigenvalue weighted by molar-refractivity contribution is 5.96. The molecule has 2 amide bonds. The summed E-state index contributed by atoms with van der Waals surface area (Å²) in [7, 11) is 0. The Morgan fingerprint density at radius 3 is 2.38 bits per heavy atom. The van der Waals surface area contributed by atoms with E-state index in [2.05, 4.69) is 10.6 Å². The largest absolute Gasteiger partial charge is 0.481 e. The lowest BCUT2D eigenvalue weighted by atomic mass is 10.1. The smallest absolute Gasteiger partial charge is 0.315 e. The zero-order chi connectivity index (χ0) is 16.0. The predicted octanol–water partition coefficient (Wildman–Crippen LogP) is 1.62. The molecule has 0 bridgehead atoms. The average Bonchev–Trinajstić information content (AvgIpc) is 2.44. The topological polar surface area (TPSA) is 95.5 Å². The van der Waals surface area contributed by atoms with Crippen molar-refractivity contribution in [3.8, 4) is 0 Å². The molecule has 1 rings (SSSR count). The van der Waals surface area contributed by atoms with Crippen molar-refractivity contribution in [2.45, 2.75) is 27.3 Å². The van der Waals surface area contributed by atoms with E-state index in [1.54, 1.807) is 38.1 Å². The van der Waals surface area contributed by atoms with Gasteiger partial charge in [0.05, 0.1) is 0 Å². The van der Waals surface area contributed by atoms with E-state index in [-0.39, 0.29) is 18.4 Å². The van der Waals surface area contributed by atoms with Gasteiger partial charge in [0.25, 0.3) is 0 Å². The first-order valence-electron chi connectivity index (χ1n) is 6.71. The molecule has 1 atom stereocenters. The zero-order valence-corrected chi connectivity index (χ0v) is 12.3. The van der Waals surface area contributed by atoms with E-state index in [0.717, 1.165) is 5.56 Å². The Kier molecular flexibility index (Phi) is 5.90. The molecule has 6 nitrogen and oxygen atoms in total. The average molecular weight is 292 g/mol. The summed E-state index contributed by atoms with van der Waals surface area (Å²) in [6.07, 6.45) is 0. The Labute approximate surface area is 123 Å². The zero-order valence-electron chi connectivity index (χ0n) is 12.3. The number of carbonyl (C=O) groups is 3. The van der Waals surface area contributed by atoms with Gasteiger partial charge in [0.15, 0.2) is 0 Å². The van der Waals surface area contributed by atoms with Crippen LogP contribution in [0.15, 0.2) is 24.3 Å². The molecule has 3 N–H and O–H groups in total. The van der Waals surface area contributed by atoms with Gasteiger partial charge in [0.2, 0.25) is 11.8 Å². The first-order valence-corrected chi connectivity index (χ1v) is 6.71. The van der Waals surface area contributed by atoms with Crippen LogP contribution in [0, 0.1) is 11.8 Å². The number of nitrogens with one attached hydrogen (secondary N) is 2. The molecular formula is C15H20N2O4. The van der Waals surface area contributed by atoms with Crippen molar-refractivity contribution in [2.75, 3.05) is 5.32 Å². The van der Waals surface area contributed by atoms with E-state index in [0.29, 0.717) is 5.69 Å².